The van der Waals surface area contributed by atoms with Crippen molar-refractivity contribution in [2.24, 2.45) is 0 Å². The summed E-state index contributed by atoms with van der Waals surface area (Å²) in [7, 11) is -2.12. The van der Waals surface area contributed by atoms with Gasteiger partial charge in [0.1, 0.15) is 0 Å². The molecule has 0 bridgehead atoms. The van der Waals surface area contributed by atoms with Crippen LogP contribution in [0.25, 0.3) is 0 Å². The number of amides is 1. The van der Waals surface area contributed by atoms with Gasteiger partial charge in [-0.3, -0.25) is 9.59 Å². The first-order valence-electron chi connectivity index (χ1n) is 7.63. The molecule has 0 aliphatic heterocycles. The van der Waals surface area contributed by atoms with Gasteiger partial charge >= 0.3 is 0 Å². The lowest BCUT2D eigenvalue weighted by Gasteiger charge is -2.17. The van der Waals surface area contributed by atoms with Crippen molar-refractivity contribution in [3.8, 4) is 0 Å². The Hall–Kier alpha value is -1.73. The Morgan fingerprint density at radius 2 is 1.78 bits per heavy atom. The standard InChI is InChI=1S/C16H24N2O4S/c1-4-11-17-16(20)6-5-12-18(3)23(21,22)15-9-7-14(8-10-15)13(2)19/h7-10H,4-6,11-12H2,1-3H3,(H,17,20). The summed E-state index contributed by atoms with van der Waals surface area (Å²) in [6, 6.07) is 5.86. The summed E-state index contributed by atoms with van der Waals surface area (Å²) in [5.41, 5.74) is 0.471. The quantitative estimate of drug-likeness (QED) is 0.695. The molecule has 0 atom stereocenters. The Bertz CT molecular complexity index is 639. The van der Waals surface area contributed by atoms with Crippen LogP contribution in [0.3, 0.4) is 0 Å². The van der Waals surface area contributed by atoms with E-state index in [0.29, 0.717) is 24.9 Å². The fraction of sp³-hybridized carbons (Fsp3) is 0.500. The molecule has 0 heterocycles. The summed E-state index contributed by atoms with van der Waals surface area (Å²) >= 11 is 0. The molecule has 0 saturated heterocycles. The molecule has 1 amide bonds. The van der Waals surface area contributed by atoms with E-state index < -0.39 is 10.0 Å². The summed E-state index contributed by atoms with van der Waals surface area (Å²) in [6.45, 7) is 4.29. The van der Waals surface area contributed by atoms with Crippen LogP contribution in [-0.2, 0) is 14.8 Å². The molecular formula is C16H24N2O4S. The largest absolute Gasteiger partial charge is 0.356 e. The molecular weight excluding hydrogens is 316 g/mol. The van der Waals surface area contributed by atoms with Crippen molar-refractivity contribution in [3.63, 3.8) is 0 Å². The number of nitrogens with zero attached hydrogens (tertiary/aromatic N) is 1. The van der Waals surface area contributed by atoms with Crippen molar-refractivity contribution in [1.29, 1.82) is 0 Å². The number of sulfonamides is 1. The Morgan fingerprint density at radius 3 is 2.30 bits per heavy atom. The van der Waals surface area contributed by atoms with Gasteiger partial charge in [-0.15, -0.1) is 0 Å². The fourth-order valence-corrected chi connectivity index (χ4v) is 3.19. The number of Topliss-reactive ketones (excluding diaryl/α,β-unsaturated/α-hetero) is 1. The first-order valence-corrected chi connectivity index (χ1v) is 9.07. The van der Waals surface area contributed by atoms with Crippen LogP contribution < -0.4 is 5.32 Å². The Morgan fingerprint density at radius 1 is 1.17 bits per heavy atom. The minimum atomic E-state index is -3.61. The van der Waals surface area contributed by atoms with Crippen LogP contribution in [0.4, 0.5) is 0 Å². The van der Waals surface area contributed by atoms with Crippen LogP contribution in [0.5, 0.6) is 0 Å². The number of hydrogen-bond donors (Lipinski definition) is 1. The van der Waals surface area contributed by atoms with Gasteiger partial charge in [0.15, 0.2) is 5.78 Å². The first kappa shape index (κ1) is 19.3. The lowest BCUT2D eigenvalue weighted by molar-refractivity contribution is -0.121. The van der Waals surface area contributed by atoms with Gasteiger partial charge in [-0.1, -0.05) is 19.1 Å². The van der Waals surface area contributed by atoms with Gasteiger partial charge in [0.25, 0.3) is 0 Å². The van der Waals surface area contributed by atoms with Crippen LogP contribution in [-0.4, -0.2) is 44.6 Å². The molecule has 23 heavy (non-hydrogen) atoms. The van der Waals surface area contributed by atoms with Crippen molar-refractivity contribution in [2.45, 2.75) is 38.0 Å². The Labute approximate surface area is 137 Å². The SMILES string of the molecule is CCCNC(=O)CCCN(C)S(=O)(=O)c1ccc(C(C)=O)cc1. The molecule has 0 unspecified atom stereocenters. The molecule has 0 aliphatic carbocycles. The number of benzene rings is 1. The molecule has 0 aliphatic rings. The number of carbonyl (C=O) groups excluding carboxylic acids is 2. The Balaban J connectivity index is 2.61. The van der Waals surface area contributed by atoms with E-state index in [1.54, 1.807) is 0 Å². The fourth-order valence-electron chi connectivity index (χ4n) is 1.98. The molecule has 0 spiro atoms. The molecule has 0 fully saturated rings. The molecule has 0 saturated carbocycles. The zero-order valence-electron chi connectivity index (χ0n) is 13.8. The van der Waals surface area contributed by atoms with Crippen molar-refractivity contribution >= 4 is 21.7 Å². The van der Waals surface area contributed by atoms with Gasteiger partial charge in [0, 0.05) is 32.1 Å². The van der Waals surface area contributed by atoms with Gasteiger partial charge in [-0.25, -0.2) is 12.7 Å². The molecule has 1 aromatic carbocycles. The second kappa shape index (κ2) is 8.79. The lowest BCUT2D eigenvalue weighted by atomic mass is 10.2. The smallest absolute Gasteiger partial charge is 0.242 e. The van der Waals surface area contributed by atoms with Crippen LogP contribution in [0.2, 0.25) is 0 Å². The van der Waals surface area contributed by atoms with E-state index in [-0.39, 0.29) is 23.1 Å². The maximum absolute atomic E-state index is 12.4. The second-order valence-corrected chi connectivity index (χ2v) is 7.41. The van der Waals surface area contributed by atoms with Crippen molar-refractivity contribution in [1.82, 2.24) is 9.62 Å². The summed E-state index contributed by atoms with van der Waals surface area (Å²) in [5, 5.41) is 2.75. The molecule has 1 N–H and O–H groups in total. The molecule has 7 heteroatoms. The van der Waals surface area contributed by atoms with Crippen molar-refractivity contribution in [2.75, 3.05) is 20.1 Å². The summed E-state index contributed by atoms with van der Waals surface area (Å²) in [6.07, 6.45) is 1.62. The number of ketones is 1. The highest BCUT2D eigenvalue weighted by atomic mass is 32.2. The molecule has 0 aromatic heterocycles. The van der Waals surface area contributed by atoms with Crippen molar-refractivity contribution < 1.29 is 18.0 Å². The summed E-state index contributed by atoms with van der Waals surface area (Å²) < 4.78 is 26.0. The number of carbonyl (C=O) groups is 2. The lowest BCUT2D eigenvalue weighted by Crippen LogP contribution is -2.30. The van der Waals surface area contributed by atoms with Gasteiger partial charge in [-0.05, 0) is 31.9 Å². The van der Waals surface area contributed by atoms with E-state index >= 15 is 0 Å². The maximum Gasteiger partial charge on any atom is 0.242 e. The van der Waals surface area contributed by atoms with Gasteiger partial charge in [0.05, 0.1) is 4.90 Å². The van der Waals surface area contributed by atoms with Gasteiger partial charge in [-0.2, -0.15) is 0 Å². The highest BCUT2D eigenvalue weighted by Crippen LogP contribution is 2.16. The highest BCUT2D eigenvalue weighted by molar-refractivity contribution is 7.89. The third-order valence-corrected chi connectivity index (χ3v) is 5.29. The maximum atomic E-state index is 12.4. The van der Waals surface area contributed by atoms with Crippen LogP contribution in [0.15, 0.2) is 29.2 Å². The average molecular weight is 340 g/mol. The predicted molar refractivity (Wildman–Crippen MR) is 88.8 cm³/mol. The minimum Gasteiger partial charge on any atom is -0.356 e. The molecule has 1 rings (SSSR count). The third-order valence-electron chi connectivity index (χ3n) is 3.42. The molecule has 6 nitrogen and oxygen atoms in total. The average Bonchev–Trinajstić information content (AvgIpc) is 2.52. The normalized spacial score (nSPS) is 11.5. The summed E-state index contributed by atoms with van der Waals surface area (Å²) in [4.78, 5) is 22.9. The van der Waals surface area contributed by atoms with E-state index in [9.17, 15) is 18.0 Å². The molecule has 1 aromatic rings. The van der Waals surface area contributed by atoms with E-state index in [1.165, 1.54) is 42.5 Å². The monoisotopic (exact) mass is 340 g/mol. The second-order valence-electron chi connectivity index (χ2n) is 5.36. The summed E-state index contributed by atoms with van der Waals surface area (Å²) in [5.74, 6) is -0.177. The molecule has 128 valence electrons. The number of nitrogens with one attached hydrogen (secondary N) is 1. The van der Waals surface area contributed by atoms with Crippen LogP contribution >= 0.6 is 0 Å². The van der Waals surface area contributed by atoms with Gasteiger partial charge in [0.2, 0.25) is 15.9 Å². The highest BCUT2D eigenvalue weighted by Gasteiger charge is 2.20. The van der Waals surface area contributed by atoms with E-state index in [1.807, 2.05) is 6.92 Å². The zero-order valence-corrected chi connectivity index (χ0v) is 14.6. The van der Waals surface area contributed by atoms with Crippen molar-refractivity contribution in [3.05, 3.63) is 29.8 Å². The van der Waals surface area contributed by atoms with E-state index in [0.717, 1.165) is 6.42 Å². The zero-order chi connectivity index (χ0) is 17.5. The first-order chi connectivity index (χ1) is 10.8. The molecule has 0 radical (unpaired) electrons. The van der Waals surface area contributed by atoms with E-state index in [4.69, 9.17) is 0 Å². The number of hydrogen-bond acceptors (Lipinski definition) is 4. The predicted octanol–water partition coefficient (Wildman–Crippen LogP) is 1.82. The minimum absolute atomic E-state index is 0.0662. The number of rotatable bonds is 9. The topological polar surface area (TPSA) is 83.6 Å². The van der Waals surface area contributed by atoms with E-state index in [2.05, 4.69) is 5.32 Å². The van der Waals surface area contributed by atoms with Crippen LogP contribution in [0, 0.1) is 0 Å². The third kappa shape index (κ3) is 5.76. The Kier molecular flexibility index (Phi) is 7.38. The van der Waals surface area contributed by atoms with Gasteiger partial charge < -0.3 is 5.32 Å². The van der Waals surface area contributed by atoms with Crippen LogP contribution in [0.1, 0.15) is 43.5 Å².